The Balaban J connectivity index is 2.30. The second kappa shape index (κ2) is 5.11. The number of H-pyrrole nitrogens is 2. The van der Waals surface area contributed by atoms with Gasteiger partial charge in [0, 0.05) is 16.8 Å². The Kier molecular flexibility index (Phi) is 3.52. The Morgan fingerprint density at radius 1 is 1.21 bits per heavy atom. The highest BCUT2D eigenvalue weighted by Gasteiger charge is 2.09. The van der Waals surface area contributed by atoms with Crippen molar-refractivity contribution in [3.63, 3.8) is 0 Å². The first-order valence-corrected chi connectivity index (χ1v) is 5.74. The van der Waals surface area contributed by atoms with Crippen LogP contribution in [0.3, 0.4) is 0 Å². The van der Waals surface area contributed by atoms with Gasteiger partial charge >= 0.3 is 5.69 Å². The van der Waals surface area contributed by atoms with E-state index in [1.165, 1.54) is 0 Å². The fraction of sp³-hybridized carbons (Fsp3) is 0.0833. The fourth-order valence-electron chi connectivity index (χ4n) is 1.55. The molecule has 1 aromatic carbocycles. The Morgan fingerprint density at radius 3 is 2.58 bits per heavy atom. The molecule has 0 aliphatic carbocycles. The third-order valence-electron chi connectivity index (χ3n) is 2.44. The summed E-state index contributed by atoms with van der Waals surface area (Å²) < 4.78 is 0. The second-order valence-electron chi connectivity index (χ2n) is 3.91. The van der Waals surface area contributed by atoms with Crippen LogP contribution in [0.15, 0.2) is 33.9 Å². The average molecular weight is 280 g/mol. The van der Waals surface area contributed by atoms with Crippen molar-refractivity contribution in [1.82, 2.24) is 9.97 Å². The number of nitrogens with one attached hydrogen (secondary N) is 3. The lowest BCUT2D eigenvalue weighted by Crippen LogP contribution is -2.27. The molecule has 0 aliphatic heterocycles. The van der Waals surface area contributed by atoms with Crippen LogP contribution in [-0.4, -0.2) is 15.9 Å². The number of hydrogen-bond acceptors (Lipinski definition) is 3. The van der Waals surface area contributed by atoms with Gasteiger partial charge in [0.15, 0.2) is 0 Å². The molecule has 2 rings (SSSR count). The van der Waals surface area contributed by atoms with Crippen molar-refractivity contribution < 1.29 is 4.79 Å². The lowest BCUT2D eigenvalue weighted by atomic mass is 10.2. The van der Waals surface area contributed by atoms with E-state index in [1.807, 2.05) is 4.98 Å². The largest absolute Gasteiger partial charge is 0.326 e. The average Bonchev–Trinajstić information content (AvgIpc) is 2.31. The standard InChI is InChI=1S/C12H10ClN3O3/c1-6-4-7(13)2-3-8(6)14-11(18)9-5-10(17)16-12(19)15-9/h2-5H,1H3,(H,14,18)(H2,15,16,17,19). The van der Waals surface area contributed by atoms with Crippen LogP contribution >= 0.6 is 11.6 Å². The molecule has 0 spiro atoms. The predicted octanol–water partition coefficient (Wildman–Crippen LogP) is 1.28. The van der Waals surface area contributed by atoms with Gasteiger partial charge in [-0.25, -0.2) is 4.79 Å². The van der Waals surface area contributed by atoms with Crippen LogP contribution in [0.4, 0.5) is 5.69 Å². The van der Waals surface area contributed by atoms with Crippen molar-refractivity contribution in [3.05, 3.63) is 61.4 Å². The lowest BCUT2D eigenvalue weighted by molar-refractivity contribution is 0.102. The van der Waals surface area contributed by atoms with E-state index in [2.05, 4.69) is 10.3 Å². The van der Waals surface area contributed by atoms with Gasteiger partial charge in [0.25, 0.3) is 11.5 Å². The Labute approximate surface area is 112 Å². The summed E-state index contributed by atoms with van der Waals surface area (Å²) in [7, 11) is 0. The number of carbonyl (C=O) groups is 1. The normalized spacial score (nSPS) is 10.2. The number of benzene rings is 1. The van der Waals surface area contributed by atoms with Crippen LogP contribution in [-0.2, 0) is 0 Å². The molecule has 98 valence electrons. The topological polar surface area (TPSA) is 94.8 Å². The minimum atomic E-state index is -0.731. The van der Waals surface area contributed by atoms with Crippen LogP contribution in [0.2, 0.25) is 5.02 Å². The Morgan fingerprint density at radius 2 is 1.95 bits per heavy atom. The number of hydrogen-bond donors (Lipinski definition) is 3. The minimum absolute atomic E-state index is 0.108. The third-order valence-corrected chi connectivity index (χ3v) is 2.68. The van der Waals surface area contributed by atoms with Gasteiger partial charge in [0.2, 0.25) is 0 Å². The van der Waals surface area contributed by atoms with Gasteiger partial charge in [-0.05, 0) is 30.7 Å². The molecule has 3 N–H and O–H groups in total. The number of aryl methyl sites for hydroxylation is 1. The smallest absolute Gasteiger partial charge is 0.320 e. The van der Waals surface area contributed by atoms with Crippen molar-refractivity contribution in [2.75, 3.05) is 5.32 Å². The lowest BCUT2D eigenvalue weighted by Gasteiger charge is -2.08. The summed E-state index contributed by atoms with van der Waals surface area (Å²) in [6, 6.07) is 5.98. The van der Waals surface area contributed by atoms with E-state index < -0.39 is 17.2 Å². The van der Waals surface area contributed by atoms with Crippen molar-refractivity contribution in [1.29, 1.82) is 0 Å². The van der Waals surface area contributed by atoms with Gasteiger partial charge in [-0.2, -0.15) is 0 Å². The van der Waals surface area contributed by atoms with Gasteiger partial charge in [0.1, 0.15) is 5.69 Å². The SMILES string of the molecule is Cc1cc(Cl)ccc1NC(=O)c1cc(=O)[nH]c(=O)[nH]1. The number of amides is 1. The first-order chi connectivity index (χ1) is 8.95. The highest BCUT2D eigenvalue weighted by molar-refractivity contribution is 6.30. The number of aromatic nitrogens is 2. The molecule has 0 aliphatic rings. The Bertz CT molecular complexity index is 720. The molecule has 6 nitrogen and oxygen atoms in total. The van der Waals surface area contributed by atoms with Gasteiger partial charge in [-0.1, -0.05) is 11.6 Å². The van der Waals surface area contributed by atoms with Crippen molar-refractivity contribution in [3.8, 4) is 0 Å². The predicted molar refractivity (Wildman–Crippen MR) is 71.8 cm³/mol. The fourth-order valence-corrected chi connectivity index (χ4v) is 1.77. The van der Waals surface area contributed by atoms with Gasteiger partial charge in [-0.3, -0.25) is 14.6 Å². The minimum Gasteiger partial charge on any atom is -0.320 e. The summed E-state index contributed by atoms with van der Waals surface area (Å²) in [6.45, 7) is 1.78. The molecule has 0 unspecified atom stereocenters. The summed E-state index contributed by atoms with van der Waals surface area (Å²) in [5.41, 5.74) is -0.154. The van der Waals surface area contributed by atoms with Crippen LogP contribution in [0, 0.1) is 6.92 Å². The molecule has 0 radical (unpaired) electrons. The Hall–Kier alpha value is -2.34. The van der Waals surface area contributed by atoms with E-state index in [-0.39, 0.29) is 5.69 Å². The molecule has 19 heavy (non-hydrogen) atoms. The molecule has 0 fully saturated rings. The van der Waals surface area contributed by atoms with Gasteiger partial charge < -0.3 is 10.3 Å². The maximum Gasteiger partial charge on any atom is 0.326 e. The molecular formula is C12H10ClN3O3. The summed E-state index contributed by atoms with van der Waals surface area (Å²) in [5, 5.41) is 3.14. The van der Waals surface area contributed by atoms with E-state index in [9.17, 15) is 14.4 Å². The van der Waals surface area contributed by atoms with E-state index >= 15 is 0 Å². The molecule has 0 saturated carbocycles. The molecule has 1 amide bonds. The molecule has 0 atom stereocenters. The molecule has 7 heteroatoms. The van der Waals surface area contributed by atoms with E-state index in [0.717, 1.165) is 11.6 Å². The number of anilines is 1. The quantitative estimate of drug-likeness (QED) is 0.773. The highest BCUT2D eigenvalue weighted by Crippen LogP contribution is 2.19. The monoisotopic (exact) mass is 279 g/mol. The van der Waals surface area contributed by atoms with E-state index in [4.69, 9.17) is 11.6 Å². The third kappa shape index (κ3) is 3.11. The summed E-state index contributed by atoms with van der Waals surface area (Å²) in [4.78, 5) is 38.3. The molecular weight excluding hydrogens is 270 g/mol. The number of halogens is 1. The van der Waals surface area contributed by atoms with Crippen LogP contribution in [0.25, 0.3) is 0 Å². The first kappa shape index (κ1) is 13.1. The van der Waals surface area contributed by atoms with Crippen molar-refractivity contribution in [2.24, 2.45) is 0 Å². The number of carbonyl (C=O) groups excluding carboxylic acids is 1. The van der Waals surface area contributed by atoms with Crippen LogP contribution < -0.4 is 16.6 Å². The molecule has 1 aromatic heterocycles. The van der Waals surface area contributed by atoms with Crippen molar-refractivity contribution in [2.45, 2.75) is 6.92 Å². The maximum absolute atomic E-state index is 11.9. The zero-order valence-electron chi connectivity index (χ0n) is 9.91. The zero-order chi connectivity index (χ0) is 14.0. The number of rotatable bonds is 2. The summed E-state index contributed by atoms with van der Waals surface area (Å²) in [5.74, 6) is -0.575. The maximum atomic E-state index is 11.9. The first-order valence-electron chi connectivity index (χ1n) is 5.37. The molecule has 0 saturated heterocycles. The van der Waals surface area contributed by atoms with Crippen molar-refractivity contribution >= 4 is 23.2 Å². The molecule has 0 bridgehead atoms. The van der Waals surface area contributed by atoms with Crippen LogP contribution in [0.1, 0.15) is 16.1 Å². The molecule has 1 heterocycles. The summed E-state index contributed by atoms with van der Waals surface area (Å²) in [6.07, 6.45) is 0. The van der Waals surface area contributed by atoms with Gasteiger partial charge in [-0.15, -0.1) is 0 Å². The highest BCUT2D eigenvalue weighted by atomic mass is 35.5. The second-order valence-corrected chi connectivity index (χ2v) is 4.35. The van der Waals surface area contributed by atoms with Gasteiger partial charge in [0.05, 0.1) is 0 Å². The molecule has 2 aromatic rings. The number of aromatic amines is 2. The van der Waals surface area contributed by atoms with E-state index in [0.29, 0.717) is 10.7 Å². The zero-order valence-corrected chi connectivity index (χ0v) is 10.7. The summed E-state index contributed by atoms with van der Waals surface area (Å²) >= 11 is 5.81. The van der Waals surface area contributed by atoms with E-state index in [1.54, 1.807) is 25.1 Å². The van der Waals surface area contributed by atoms with Crippen LogP contribution in [0.5, 0.6) is 0 Å².